The SMILES string of the molecule is O=C(O)c1ccnc(-c2nc3ccccc3n2Cc2ccc(CN3CCC(NCCc4ccccc4)CC3)cc2)c1. The Kier molecular flexibility index (Phi) is 8.16. The number of fused-ring (bicyclic) bond motifs is 1. The Hall–Kier alpha value is -4.33. The fourth-order valence-corrected chi connectivity index (χ4v) is 5.67. The van der Waals surface area contributed by atoms with Crippen molar-refractivity contribution in [1.82, 2.24) is 24.8 Å². The molecule has 208 valence electrons. The van der Waals surface area contributed by atoms with Crippen molar-refractivity contribution in [2.75, 3.05) is 19.6 Å². The molecule has 0 radical (unpaired) electrons. The van der Waals surface area contributed by atoms with Crippen LogP contribution < -0.4 is 5.32 Å². The number of benzene rings is 3. The summed E-state index contributed by atoms with van der Waals surface area (Å²) in [5, 5.41) is 13.2. The molecule has 7 nitrogen and oxygen atoms in total. The van der Waals surface area contributed by atoms with Crippen LogP contribution in [0.15, 0.2) is 97.2 Å². The first-order chi connectivity index (χ1) is 20.1. The van der Waals surface area contributed by atoms with Crippen LogP contribution in [0.5, 0.6) is 0 Å². The number of piperidine rings is 1. The molecule has 3 aromatic carbocycles. The largest absolute Gasteiger partial charge is 0.478 e. The number of pyridine rings is 1. The Morgan fingerprint density at radius 3 is 2.32 bits per heavy atom. The Labute approximate surface area is 240 Å². The number of likely N-dealkylation sites (tertiary alicyclic amines) is 1. The van der Waals surface area contributed by atoms with Crippen LogP contribution in [0.1, 0.15) is 39.9 Å². The molecule has 2 N–H and O–H groups in total. The van der Waals surface area contributed by atoms with E-state index in [1.165, 1.54) is 36.2 Å². The molecule has 7 heteroatoms. The normalized spacial score (nSPS) is 14.4. The van der Waals surface area contributed by atoms with E-state index < -0.39 is 5.97 Å². The Morgan fingerprint density at radius 2 is 1.56 bits per heavy atom. The van der Waals surface area contributed by atoms with Crippen molar-refractivity contribution in [2.24, 2.45) is 0 Å². The van der Waals surface area contributed by atoms with Gasteiger partial charge in [-0.25, -0.2) is 9.78 Å². The molecule has 0 bridgehead atoms. The Balaban J connectivity index is 1.08. The summed E-state index contributed by atoms with van der Waals surface area (Å²) in [6, 6.07) is 31.2. The fraction of sp³-hybridized carbons (Fsp3) is 0.265. The summed E-state index contributed by atoms with van der Waals surface area (Å²) in [6.45, 7) is 4.83. The van der Waals surface area contributed by atoms with E-state index in [4.69, 9.17) is 4.98 Å². The highest BCUT2D eigenvalue weighted by Crippen LogP contribution is 2.26. The predicted molar refractivity (Wildman–Crippen MR) is 162 cm³/mol. The zero-order chi connectivity index (χ0) is 28.0. The number of carboxylic acid groups (broad SMARTS) is 1. The lowest BCUT2D eigenvalue weighted by atomic mass is 10.0. The molecule has 0 unspecified atom stereocenters. The van der Waals surface area contributed by atoms with Crippen molar-refractivity contribution < 1.29 is 9.90 Å². The molecule has 41 heavy (non-hydrogen) atoms. The fourth-order valence-electron chi connectivity index (χ4n) is 5.67. The molecule has 3 heterocycles. The van der Waals surface area contributed by atoms with Gasteiger partial charge >= 0.3 is 5.97 Å². The van der Waals surface area contributed by atoms with E-state index in [1.807, 2.05) is 24.3 Å². The maximum absolute atomic E-state index is 11.6. The van der Waals surface area contributed by atoms with Crippen LogP contribution in [0, 0.1) is 0 Å². The Morgan fingerprint density at radius 1 is 0.854 bits per heavy atom. The molecule has 5 aromatic rings. The standard InChI is InChI=1S/C34H35N5O2/c40-34(41)28-15-19-36-31(22-28)33-37-30-8-4-5-9-32(30)39(33)24-27-12-10-26(11-13-27)23-38-20-16-29(17-21-38)35-18-14-25-6-2-1-3-7-25/h1-13,15,19,22,29,35H,14,16-18,20-21,23-24H2,(H,40,41). The van der Waals surface area contributed by atoms with Crippen molar-refractivity contribution in [2.45, 2.75) is 38.4 Å². The lowest BCUT2D eigenvalue weighted by molar-refractivity contribution is 0.0696. The highest BCUT2D eigenvalue weighted by molar-refractivity contribution is 5.89. The van der Waals surface area contributed by atoms with Crippen LogP contribution >= 0.6 is 0 Å². The molecule has 0 saturated carbocycles. The van der Waals surface area contributed by atoms with Gasteiger partial charge in [0.25, 0.3) is 0 Å². The molecule has 1 aliphatic rings. The molecule has 0 amide bonds. The molecular weight excluding hydrogens is 510 g/mol. The van der Waals surface area contributed by atoms with Crippen LogP contribution in [-0.2, 0) is 19.5 Å². The third-order valence-corrected chi connectivity index (χ3v) is 7.94. The molecule has 0 aliphatic carbocycles. The van der Waals surface area contributed by atoms with Gasteiger partial charge in [0.05, 0.1) is 16.6 Å². The Bertz CT molecular complexity index is 1610. The van der Waals surface area contributed by atoms with E-state index >= 15 is 0 Å². The second-order valence-corrected chi connectivity index (χ2v) is 10.8. The zero-order valence-corrected chi connectivity index (χ0v) is 23.1. The van der Waals surface area contributed by atoms with Gasteiger partial charge in [-0.2, -0.15) is 0 Å². The van der Waals surface area contributed by atoms with Gasteiger partial charge < -0.3 is 15.0 Å². The lowest BCUT2D eigenvalue weighted by Crippen LogP contribution is -2.42. The first-order valence-electron chi connectivity index (χ1n) is 14.3. The van der Waals surface area contributed by atoms with Crippen molar-refractivity contribution >= 4 is 17.0 Å². The van der Waals surface area contributed by atoms with Gasteiger partial charge in [-0.1, -0.05) is 66.7 Å². The van der Waals surface area contributed by atoms with Crippen LogP contribution in [0.3, 0.4) is 0 Å². The number of para-hydroxylation sites is 2. The zero-order valence-electron chi connectivity index (χ0n) is 23.1. The minimum Gasteiger partial charge on any atom is -0.478 e. The van der Waals surface area contributed by atoms with E-state index in [0.717, 1.165) is 49.2 Å². The monoisotopic (exact) mass is 545 g/mol. The number of aromatic nitrogens is 3. The highest BCUT2D eigenvalue weighted by atomic mass is 16.4. The van der Waals surface area contributed by atoms with Crippen LogP contribution in [0.2, 0.25) is 0 Å². The number of aromatic carboxylic acids is 1. The van der Waals surface area contributed by atoms with Gasteiger partial charge in [0.1, 0.15) is 5.69 Å². The molecule has 0 atom stereocenters. The summed E-state index contributed by atoms with van der Waals surface area (Å²) in [6.07, 6.45) is 4.97. The summed E-state index contributed by atoms with van der Waals surface area (Å²) in [5.74, 6) is -0.311. The van der Waals surface area contributed by atoms with Crippen LogP contribution in [0.4, 0.5) is 0 Å². The van der Waals surface area contributed by atoms with E-state index in [2.05, 4.69) is 74.4 Å². The number of nitrogens with one attached hydrogen (secondary N) is 1. The summed E-state index contributed by atoms with van der Waals surface area (Å²) in [7, 11) is 0. The minimum atomic E-state index is -0.976. The quantitative estimate of drug-likeness (QED) is 0.236. The number of hydrogen-bond acceptors (Lipinski definition) is 5. The van der Waals surface area contributed by atoms with E-state index in [-0.39, 0.29) is 5.56 Å². The number of nitrogens with zero attached hydrogens (tertiary/aromatic N) is 4. The maximum atomic E-state index is 11.6. The first-order valence-corrected chi connectivity index (χ1v) is 14.3. The highest BCUT2D eigenvalue weighted by Gasteiger charge is 2.19. The average molecular weight is 546 g/mol. The van der Waals surface area contributed by atoms with E-state index in [0.29, 0.717) is 24.1 Å². The number of carboxylic acids is 1. The van der Waals surface area contributed by atoms with Crippen LogP contribution in [-0.4, -0.2) is 56.2 Å². The number of hydrogen-bond donors (Lipinski definition) is 2. The summed E-state index contributed by atoms with van der Waals surface area (Å²) < 4.78 is 2.12. The topological polar surface area (TPSA) is 83.3 Å². The molecule has 0 spiro atoms. The third kappa shape index (κ3) is 6.53. The van der Waals surface area contributed by atoms with Gasteiger partial charge in [-0.3, -0.25) is 9.88 Å². The van der Waals surface area contributed by atoms with Gasteiger partial charge in [0.15, 0.2) is 5.82 Å². The van der Waals surface area contributed by atoms with Gasteiger partial charge in [-0.15, -0.1) is 0 Å². The van der Waals surface area contributed by atoms with Gasteiger partial charge in [0.2, 0.25) is 0 Å². The molecule has 6 rings (SSSR count). The average Bonchev–Trinajstić information content (AvgIpc) is 3.38. The second kappa shape index (κ2) is 12.5. The molecule has 1 saturated heterocycles. The van der Waals surface area contributed by atoms with Crippen molar-refractivity contribution in [1.29, 1.82) is 0 Å². The van der Waals surface area contributed by atoms with Crippen molar-refractivity contribution in [3.05, 3.63) is 119 Å². The third-order valence-electron chi connectivity index (χ3n) is 7.94. The maximum Gasteiger partial charge on any atom is 0.335 e. The number of rotatable bonds is 10. The van der Waals surface area contributed by atoms with E-state index in [9.17, 15) is 9.90 Å². The molecular formula is C34H35N5O2. The molecule has 1 fully saturated rings. The van der Waals surface area contributed by atoms with E-state index in [1.54, 1.807) is 6.07 Å². The van der Waals surface area contributed by atoms with Gasteiger partial charge in [-0.05, 0) is 79.9 Å². The van der Waals surface area contributed by atoms with Crippen molar-refractivity contribution in [3.8, 4) is 11.5 Å². The lowest BCUT2D eigenvalue weighted by Gasteiger charge is -2.32. The predicted octanol–water partition coefficient (Wildman–Crippen LogP) is 5.64. The summed E-state index contributed by atoms with van der Waals surface area (Å²) in [5.41, 5.74) is 6.47. The molecule has 2 aromatic heterocycles. The summed E-state index contributed by atoms with van der Waals surface area (Å²) >= 11 is 0. The first kappa shape index (κ1) is 26.9. The minimum absolute atomic E-state index is 0.199. The van der Waals surface area contributed by atoms with Gasteiger partial charge in [0, 0.05) is 25.3 Å². The number of carbonyl (C=O) groups is 1. The second-order valence-electron chi connectivity index (χ2n) is 10.8. The summed E-state index contributed by atoms with van der Waals surface area (Å²) in [4.78, 5) is 23.4. The smallest absolute Gasteiger partial charge is 0.335 e. The van der Waals surface area contributed by atoms with Crippen LogP contribution in [0.25, 0.3) is 22.6 Å². The number of imidazole rings is 1. The molecule has 1 aliphatic heterocycles. The van der Waals surface area contributed by atoms with Crippen molar-refractivity contribution in [3.63, 3.8) is 0 Å².